The van der Waals surface area contributed by atoms with Crippen molar-refractivity contribution >= 4 is 17.4 Å². The Kier molecular flexibility index (Phi) is 5.55. The summed E-state index contributed by atoms with van der Waals surface area (Å²) in [5.41, 5.74) is -4.89. The fraction of sp³-hybridized carbons (Fsp3) is 0.400. The van der Waals surface area contributed by atoms with Gasteiger partial charge in [0.2, 0.25) is 5.82 Å². The molecule has 9 heteroatoms. The zero-order valence-electron chi connectivity index (χ0n) is 9.54. The molecule has 4 nitrogen and oxygen atoms in total. The van der Waals surface area contributed by atoms with Gasteiger partial charge in [0, 0.05) is 30.5 Å². The Labute approximate surface area is 110 Å². The van der Waals surface area contributed by atoms with Crippen molar-refractivity contribution in [3.8, 4) is 0 Å². The second-order valence-corrected chi connectivity index (χ2v) is 4.64. The van der Waals surface area contributed by atoms with Gasteiger partial charge < -0.3 is 5.32 Å². The summed E-state index contributed by atoms with van der Waals surface area (Å²) < 4.78 is 49.0. The van der Waals surface area contributed by atoms with Crippen molar-refractivity contribution in [2.24, 2.45) is 0 Å². The van der Waals surface area contributed by atoms with E-state index in [2.05, 4.69) is 5.32 Å². The van der Waals surface area contributed by atoms with E-state index >= 15 is 0 Å². The minimum Gasteiger partial charge on any atom is -0.312 e. The molecule has 1 N–H and O–H groups in total. The van der Waals surface area contributed by atoms with Gasteiger partial charge in [-0.15, -0.1) is 0 Å². The fourth-order valence-electron chi connectivity index (χ4n) is 1.31. The fourth-order valence-corrected chi connectivity index (χ4v) is 1.78. The third-order valence-electron chi connectivity index (χ3n) is 2.12. The smallest absolute Gasteiger partial charge is 0.312 e. The number of benzene rings is 1. The molecule has 0 aliphatic carbocycles. The molecule has 0 amide bonds. The lowest BCUT2D eigenvalue weighted by Gasteiger charge is -2.07. The number of hydrogen-bond donors (Lipinski definition) is 1. The van der Waals surface area contributed by atoms with Crippen LogP contribution in [0.3, 0.4) is 0 Å². The Balaban J connectivity index is 2.46. The molecule has 19 heavy (non-hydrogen) atoms. The van der Waals surface area contributed by atoms with Crippen LogP contribution in [-0.2, 0) is 6.54 Å². The number of nitrogens with one attached hydrogen (secondary N) is 1. The Morgan fingerprint density at radius 3 is 2.63 bits per heavy atom. The van der Waals surface area contributed by atoms with Gasteiger partial charge in [-0.2, -0.15) is 17.6 Å². The average Bonchev–Trinajstić information content (AvgIpc) is 2.28. The Morgan fingerprint density at radius 2 is 2.05 bits per heavy atom. The Hall–Kier alpha value is -1.35. The maximum Gasteiger partial charge on any atom is 0.441 e. The van der Waals surface area contributed by atoms with E-state index in [1.165, 1.54) is 12.1 Å². The summed E-state index contributed by atoms with van der Waals surface area (Å²) in [4.78, 5) is 9.63. The lowest BCUT2D eigenvalue weighted by atomic mass is 10.2. The van der Waals surface area contributed by atoms with Gasteiger partial charge in [0.05, 0.1) is 4.92 Å². The quantitative estimate of drug-likeness (QED) is 0.379. The van der Waals surface area contributed by atoms with Crippen LogP contribution in [0, 0.1) is 15.9 Å². The van der Waals surface area contributed by atoms with Crippen molar-refractivity contribution in [2.45, 2.75) is 12.1 Å². The first kappa shape index (κ1) is 15.7. The first-order chi connectivity index (χ1) is 8.81. The second-order valence-electron chi connectivity index (χ2n) is 3.48. The van der Waals surface area contributed by atoms with E-state index in [1.54, 1.807) is 0 Å². The standard InChI is InChI=1S/C10H10F4N2O2S/c11-9-7(2-1-3-8(9)16(17)18)6-15-4-5-19-10(12,13)14/h1-3,15H,4-6H2. The number of nitro benzene ring substituents is 1. The predicted molar refractivity (Wildman–Crippen MR) is 63.3 cm³/mol. The Bertz CT molecular complexity index is 454. The van der Waals surface area contributed by atoms with Crippen LogP contribution in [0.25, 0.3) is 0 Å². The van der Waals surface area contributed by atoms with Crippen molar-refractivity contribution in [1.82, 2.24) is 5.32 Å². The first-order valence-corrected chi connectivity index (χ1v) is 6.13. The van der Waals surface area contributed by atoms with Crippen LogP contribution < -0.4 is 5.32 Å². The highest BCUT2D eigenvalue weighted by molar-refractivity contribution is 8.00. The van der Waals surface area contributed by atoms with Gasteiger partial charge in [-0.1, -0.05) is 12.1 Å². The van der Waals surface area contributed by atoms with E-state index < -0.39 is 21.9 Å². The predicted octanol–water partition coefficient (Wildman–Crippen LogP) is 3.08. The summed E-state index contributed by atoms with van der Waals surface area (Å²) in [6.07, 6.45) is 0. The highest BCUT2D eigenvalue weighted by atomic mass is 32.2. The van der Waals surface area contributed by atoms with E-state index in [0.717, 1.165) is 6.07 Å². The molecule has 0 fully saturated rings. The molecule has 1 aromatic carbocycles. The van der Waals surface area contributed by atoms with E-state index in [1.807, 2.05) is 0 Å². The van der Waals surface area contributed by atoms with Crippen molar-refractivity contribution in [3.63, 3.8) is 0 Å². The molecule has 0 spiro atoms. The van der Waals surface area contributed by atoms with Crippen molar-refractivity contribution in [3.05, 3.63) is 39.7 Å². The molecule has 1 rings (SSSR count). The number of rotatable bonds is 6. The maximum atomic E-state index is 13.6. The van der Waals surface area contributed by atoms with Crippen molar-refractivity contribution in [1.29, 1.82) is 0 Å². The summed E-state index contributed by atoms with van der Waals surface area (Å²) in [6, 6.07) is 3.69. The van der Waals surface area contributed by atoms with Gasteiger partial charge in [-0.3, -0.25) is 10.1 Å². The van der Waals surface area contributed by atoms with E-state index in [0.29, 0.717) is 0 Å². The summed E-state index contributed by atoms with van der Waals surface area (Å²) in [5.74, 6) is -1.18. The number of thioether (sulfide) groups is 1. The molecule has 0 aromatic heterocycles. The summed E-state index contributed by atoms with van der Waals surface area (Å²) in [6.45, 7) is -0.0434. The van der Waals surface area contributed by atoms with Crippen LogP contribution in [0.15, 0.2) is 18.2 Å². The molecule has 0 unspecified atom stereocenters. The topological polar surface area (TPSA) is 55.2 Å². The molecule has 0 radical (unpaired) electrons. The highest BCUT2D eigenvalue weighted by Gasteiger charge is 2.27. The number of nitro groups is 1. The van der Waals surface area contributed by atoms with Gasteiger partial charge in [-0.25, -0.2) is 0 Å². The Morgan fingerprint density at radius 1 is 1.37 bits per heavy atom. The van der Waals surface area contributed by atoms with E-state index in [9.17, 15) is 27.7 Å². The zero-order valence-corrected chi connectivity index (χ0v) is 10.4. The van der Waals surface area contributed by atoms with Crippen molar-refractivity contribution in [2.75, 3.05) is 12.3 Å². The molecule has 106 valence electrons. The van der Waals surface area contributed by atoms with Crippen LogP contribution >= 0.6 is 11.8 Å². The lowest BCUT2D eigenvalue weighted by molar-refractivity contribution is -0.387. The van der Waals surface area contributed by atoms with Crippen LogP contribution in [0.2, 0.25) is 0 Å². The normalized spacial score (nSPS) is 11.6. The largest absolute Gasteiger partial charge is 0.441 e. The summed E-state index contributed by atoms with van der Waals surface area (Å²) in [5, 5.41) is 13.1. The molecular formula is C10H10F4N2O2S. The molecule has 0 heterocycles. The van der Waals surface area contributed by atoms with Gasteiger partial charge in [0.15, 0.2) is 0 Å². The van der Waals surface area contributed by atoms with Crippen LogP contribution in [0.4, 0.5) is 23.2 Å². The molecule has 0 atom stereocenters. The third kappa shape index (κ3) is 5.43. The second kappa shape index (κ2) is 6.71. The zero-order chi connectivity index (χ0) is 14.5. The number of alkyl halides is 3. The minimum atomic E-state index is -4.29. The van der Waals surface area contributed by atoms with Gasteiger partial charge in [0.1, 0.15) is 0 Å². The number of nitrogens with zero attached hydrogens (tertiary/aromatic N) is 1. The minimum absolute atomic E-state index is 0.0201. The van der Waals surface area contributed by atoms with Crippen LogP contribution in [-0.4, -0.2) is 22.7 Å². The molecule has 0 aliphatic rings. The molecule has 0 saturated carbocycles. The van der Waals surface area contributed by atoms with Crippen LogP contribution in [0.1, 0.15) is 5.56 Å². The highest BCUT2D eigenvalue weighted by Crippen LogP contribution is 2.29. The lowest BCUT2D eigenvalue weighted by Crippen LogP contribution is -2.19. The monoisotopic (exact) mass is 298 g/mol. The summed E-state index contributed by atoms with van der Waals surface area (Å²) >= 11 is -0.184. The average molecular weight is 298 g/mol. The molecule has 1 aromatic rings. The molecule has 0 bridgehead atoms. The van der Waals surface area contributed by atoms with Gasteiger partial charge in [0.25, 0.3) is 0 Å². The molecule has 0 saturated heterocycles. The first-order valence-electron chi connectivity index (χ1n) is 5.14. The third-order valence-corrected chi connectivity index (χ3v) is 2.85. The summed E-state index contributed by atoms with van der Waals surface area (Å²) in [7, 11) is 0. The SMILES string of the molecule is O=[N+]([O-])c1cccc(CNCCSC(F)(F)F)c1F. The van der Waals surface area contributed by atoms with E-state index in [4.69, 9.17) is 0 Å². The maximum absolute atomic E-state index is 13.6. The van der Waals surface area contributed by atoms with E-state index in [-0.39, 0.29) is 36.2 Å². The number of halogens is 4. The molecule has 0 aliphatic heterocycles. The number of hydrogen-bond acceptors (Lipinski definition) is 4. The van der Waals surface area contributed by atoms with Crippen molar-refractivity contribution < 1.29 is 22.5 Å². The van der Waals surface area contributed by atoms with Gasteiger partial charge >= 0.3 is 11.2 Å². The molecular weight excluding hydrogens is 288 g/mol. The van der Waals surface area contributed by atoms with Gasteiger partial charge in [-0.05, 0) is 11.8 Å². The van der Waals surface area contributed by atoms with Crippen LogP contribution in [0.5, 0.6) is 0 Å².